The highest BCUT2D eigenvalue weighted by atomic mass is 16.7. The predicted octanol–water partition coefficient (Wildman–Crippen LogP) is 2.26. The normalized spacial score (nSPS) is 19.2. The molecule has 0 spiro atoms. The third kappa shape index (κ3) is 8.10. The molecule has 2 aromatic rings. The van der Waals surface area contributed by atoms with Crippen LogP contribution in [-0.4, -0.2) is 95.9 Å². The summed E-state index contributed by atoms with van der Waals surface area (Å²) in [4.78, 5) is 28.4. The molecule has 0 unspecified atom stereocenters. The van der Waals surface area contributed by atoms with Gasteiger partial charge < -0.3 is 42.8 Å². The van der Waals surface area contributed by atoms with Gasteiger partial charge in [0.25, 0.3) is 5.91 Å². The lowest BCUT2D eigenvalue weighted by Gasteiger charge is -2.37. The van der Waals surface area contributed by atoms with Gasteiger partial charge in [-0.1, -0.05) is 12.1 Å². The summed E-state index contributed by atoms with van der Waals surface area (Å²) in [5.74, 6) is -1.22. The summed E-state index contributed by atoms with van der Waals surface area (Å²) in [6, 6.07) is 7.03. The van der Waals surface area contributed by atoms with Gasteiger partial charge >= 0.3 is 0 Å². The summed E-state index contributed by atoms with van der Waals surface area (Å²) in [6.45, 7) is 3.58. The van der Waals surface area contributed by atoms with Gasteiger partial charge in [0.05, 0.1) is 44.6 Å². The first-order chi connectivity index (χ1) is 18.9. The zero-order valence-corrected chi connectivity index (χ0v) is 23.0. The van der Waals surface area contributed by atoms with Crippen LogP contribution < -0.4 is 5.43 Å². The van der Waals surface area contributed by atoms with Crippen molar-refractivity contribution in [3.05, 3.63) is 58.2 Å². The van der Waals surface area contributed by atoms with Gasteiger partial charge in [0.1, 0.15) is 5.58 Å². The maximum atomic E-state index is 13.6. The first-order valence-electron chi connectivity index (χ1n) is 13.0. The van der Waals surface area contributed by atoms with E-state index in [1.807, 2.05) is 6.92 Å². The number of carbonyl (C=O) groups excluding carboxylic acids is 1. The maximum Gasteiger partial charge on any atom is 0.288 e. The third-order valence-corrected chi connectivity index (χ3v) is 6.49. The van der Waals surface area contributed by atoms with Crippen molar-refractivity contribution < 1.29 is 42.7 Å². The van der Waals surface area contributed by atoms with E-state index in [0.717, 1.165) is 0 Å². The van der Waals surface area contributed by atoms with Crippen LogP contribution in [0.5, 0.6) is 0 Å². The lowest BCUT2D eigenvalue weighted by Crippen LogP contribution is -2.42. The molecule has 2 heterocycles. The average Bonchev–Trinajstić information content (AvgIpc) is 2.95. The van der Waals surface area contributed by atoms with Crippen LogP contribution in [0.15, 0.2) is 51.6 Å². The third-order valence-electron chi connectivity index (χ3n) is 6.49. The minimum absolute atomic E-state index is 0.0500. The maximum absolute atomic E-state index is 13.6. The number of hydrogen-bond acceptors (Lipinski definition) is 10. The molecule has 3 atom stereocenters. The van der Waals surface area contributed by atoms with Gasteiger partial charge in [0.15, 0.2) is 17.5 Å². The SMILES string of the molecule is CCO[C@@H]1OC(C(=O)N(C)CC(OC)OC)=C[C@H](c2coc3ccccc3c2=O)[C@H]1CCOCCOCCO. The Morgan fingerprint density at radius 2 is 1.82 bits per heavy atom. The number of rotatable bonds is 16. The molecule has 0 bridgehead atoms. The molecule has 0 saturated heterocycles. The molecule has 3 rings (SSSR count). The Labute approximate surface area is 228 Å². The molecule has 0 radical (unpaired) electrons. The Morgan fingerprint density at radius 3 is 2.51 bits per heavy atom. The standard InChI is InChI=1S/C28H39NO10/c1-5-37-28-19(10-12-35-14-15-36-13-11-30)21(22-18-38-23-9-7-6-8-20(23)26(22)31)16-24(39-28)27(32)29(2)17-25(33-3)34-4/h6-9,16,18-19,21,25,28,30H,5,10-15,17H2,1-4H3/t19-,21+,28-/m1/s1. The first-order valence-corrected chi connectivity index (χ1v) is 13.0. The van der Waals surface area contributed by atoms with E-state index in [1.54, 1.807) is 37.4 Å². The fraction of sp³-hybridized carbons (Fsp3) is 0.571. The molecule has 1 aromatic carbocycles. The number of amides is 1. The highest BCUT2D eigenvalue weighted by Gasteiger charge is 2.40. The van der Waals surface area contributed by atoms with Crippen molar-refractivity contribution in [1.29, 1.82) is 0 Å². The number of allylic oxidation sites excluding steroid dienone is 1. The molecule has 1 N–H and O–H groups in total. The van der Waals surface area contributed by atoms with Crippen LogP contribution in [0.3, 0.4) is 0 Å². The molecule has 1 aliphatic rings. The first kappa shape index (κ1) is 30.7. The van der Waals surface area contributed by atoms with Crippen LogP contribution in [0.25, 0.3) is 11.0 Å². The average molecular weight is 550 g/mol. The van der Waals surface area contributed by atoms with Crippen molar-refractivity contribution in [2.24, 2.45) is 5.92 Å². The molecule has 1 aliphatic heterocycles. The number of hydrogen-bond donors (Lipinski definition) is 1. The van der Waals surface area contributed by atoms with Crippen molar-refractivity contribution in [3.8, 4) is 0 Å². The van der Waals surface area contributed by atoms with Crippen LogP contribution in [0.2, 0.25) is 0 Å². The van der Waals surface area contributed by atoms with E-state index in [0.29, 0.717) is 49.4 Å². The number of aliphatic hydroxyl groups is 1. The van der Waals surface area contributed by atoms with E-state index < -0.39 is 24.4 Å². The molecule has 11 nitrogen and oxygen atoms in total. The fourth-order valence-corrected chi connectivity index (χ4v) is 4.46. The number of fused-ring (bicyclic) bond motifs is 1. The van der Waals surface area contributed by atoms with Gasteiger partial charge in [-0.25, -0.2) is 0 Å². The zero-order valence-electron chi connectivity index (χ0n) is 23.0. The number of ether oxygens (including phenoxy) is 6. The zero-order chi connectivity index (χ0) is 28.2. The Bertz CT molecular complexity index is 1130. The lowest BCUT2D eigenvalue weighted by atomic mass is 9.81. The topological polar surface area (TPSA) is 126 Å². The van der Waals surface area contributed by atoms with Crippen LogP contribution in [0.1, 0.15) is 24.8 Å². The Balaban J connectivity index is 1.93. The van der Waals surface area contributed by atoms with Crippen LogP contribution in [0.4, 0.5) is 0 Å². The predicted molar refractivity (Wildman–Crippen MR) is 142 cm³/mol. The Morgan fingerprint density at radius 1 is 1.10 bits per heavy atom. The second-order valence-corrected chi connectivity index (χ2v) is 9.00. The molecule has 0 aliphatic carbocycles. The lowest BCUT2D eigenvalue weighted by molar-refractivity contribution is -0.174. The van der Waals surface area contributed by atoms with Gasteiger partial charge in [0, 0.05) is 51.9 Å². The summed E-state index contributed by atoms with van der Waals surface area (Å²) in [6.07, 6.45) is 2.18. The van der Waals surface area contributed by atoms with E-state index in [4.69, 9.17) is 37.9 Å². The summed E-state index contributed by atoms with van der Waals surface area (Å²) in [7, 11) is 4.61. The van der Waals surface area contributed by atoms with Crippen molar-refractivity contribution in [3.63, 3.8) is 0 Å². The van der Waals surface area contributed by atoms with Crippen molar-refractivity contribution in [2.45, 2.75) is 31.8 Å². The Hall–Kier alpha value is -2.80. The number of likely N-dealkylation sites (N-methyl/N-ethyl adjacent to an activating group) is 1. The van der Waals surface area contributed by atoms with Crippen molar-refractivity contribution in [1.82, 2.24) is 4.90 Å². The number of nitrogens with zero attached hydrogens (tertiary/aromatic N) is 1. The number of methoxy groups -OCH3 is 2. The highest BCUT2D eigenvalue weighted by molar-refractivity contribution is 5.91. The largest absolute Gasteiger partial charge is 0.464 e. The molecule has 1 aromatic heterocycles. The van der Waals surface area contributed by atoms with Crippen LogP contribution >= 0.6 is 0 Å². The number of aliphatic hydroxyl groups excluding tert-OH is 1. The molecule has 0 saturated carbocycles. The summed E-state index contributed by atoms with van der Waals surface area (Å²) >= 11 is 0. The quantitative estimate of drug-likeness (QED) is 0.246. The van der Waals surface area contributed by atoms with Crippen molar-refractivity contribution in [2.75, 3.05) is 67.5 Å². The highest BCUT2D eigenvalue weighted by Crippen LogP contribution is 2.38. The van der Waals surface area contributed by atoms with Gasteiger partial charge in [-0.2, -0.15) is 0 Å². The number of para-hydroxylation sites is 1. The van der Waals surface area contributed by atoms with Gasteiger partial charge in [-0.15, -0.1) is 0 Å². The molecular formula is C28H39NO10. The van der Waals surface area contributed by atoms with Crippen LogP contribution in [0, 0.1) is 5.92 Å². The van der Waals surface area contributed by atoms with E-state index >= 15 is 0 Å². The van der Waals surface area contributed by atoms with Gasteiger partial charge in [-0.05, 0) is 31.6 Å². The fourth-order valence-electron chi connectivity index (χ4n) is 4.46. The summed E-state index contributed by atoms with van der Waals surface area (Å²) < 4.78 is 39.3. The smallest absolute Gasteiger partial charge is 0.288 e. The van der Waals surface area contributed by atoms with Crippen LogP contribution in [-0.2, 0) is 33.2 Å². The number of benzene rings is 1. The van der Waals surface area contributed by atoms with E-state index in [9.17, 15) is 9.59 Å². The monoisotopic (exact) mass is 549 g/mol. The Kier molecular flexibility index (Phi) is 12.4. The second kappa shape index (κ2) is 15.7. The van der Waals surface area contributed by atoms with E-state index in [2.05, 4.69) is 0 Å². The minimum Gasteiger partial charge on any atom is -0.464 e. The number of carbonyl (C=O) groups is 1. The molecule has 1 amide bonds. The second-order valence-electron chi connectivity index (χ2n) is 9.00. The van der Waals surface area contributed by atoms with E-state index in [-0.39, 0.29) is 36.9 Å². The minimum atomic E-state index is -0.807. The van der Waals surface area contributed by atoms with E-state index in [1.165, 1.54) is 25.4 Å². The van der Waals surface area contributed by atoms with Gasteiger partial charge in [0.2, 0.25) is 6.29 Å². The van der Waals surface area contributed by atoms with Gasteiger partial charge in [-0.3, -0.25) is 9.59 Å². The van der Waals surface area contributed by atoms with Crippen molar-refractivity contribution >= 4 is 16.9 Å². The summed E-state index contributed by atoms with van der Waals surface area (Å²) in [5, 5.41) is 9.29. The molecule has 11 heteroatoms. The molecular weight excluding hydrogens is 510 g/mol. The molecule has 216 valence electrons. The molecule has 0 fully saturated rings. The molecule has 39 heavy (non-hydrogen) atoms. The summed E-state index contributed by atoms with van der Waals surface area (Å²) in [5.41, 5.74) is 0.697.